The highest BCUT2D eigenvalue weighted by molar-refractivity contribution is 5.31. The molecular weight excluding hydrogens is 228 g/mol. The van der Waals surface area contributed by atoms with Crippen LogP contribution in [-0.2, 0) is 0 Å². The molecule has 2 rings (SSSR count). The number of nitrogens with zero attached hydrogens (tertiary/aromatic N) is 2. The zero-order chi connectivity index (χ0) is 13.0. The minimum absolute atomic E-state index is 0.141. The van der Waals surface area contributed by atoms with Crippen LogP contribution >= 0.6 is 0 Å². The lowest BCUT2D eigenvalue weighted by molar-refractivity contribution is 0.214. The van der Waals surface area contributed by atoms with E-state index in [1.54, 1.807) is 12.3 Å². The lowest BCUT2D eigenvalue weighted by Gasteiger charge is -2.12. The molecule has 0 spiro atoms. The summed E-state index contributed by atoms with van der Waals surface area (Å²) in [7, 11) is 0. The van der Waals surface area contributed by atoms with Crippen molar-refractivity contribution in [1.82, 2.24) is 9.97 Å². The second-order valence-corrected chi connectivity index (χ2v) is 4.27. The first kappa shape index (κ1) is 12.5. The van der Waals surface area contributed by atoms with Crippen molar-refractivity contribution >= 4 is 0 Å². The van der Waals surface area contributed by atoms with Crippen molar-refractivity contribution in [3.05, 3.63) is 54.1 Å². The summed E-state index contributed by atoms with van der Waals surface area (Å²) >= 11 is 0. The molecule has 0 saturated carbocycles. The highest BCUT2D eigenvalue weighted by Gasteiger charge is 2.11. The Kier molecular flexibility index (Phi) is 3.89. The summed E-state index contributed by atoms with van der Waals surface area (Å²) in [6, 6.07) is 9.07. The molecule has 0 bridgehead atoms. The fraction of sp³-hybridized carbons (Fsp3) is 0.286. The van der Waals surface area contributed by atoms with E-state index in [2.05, 4.69) is 9.97 Å². The zero-order valence-electron chi connectivity index (χ0n) is 10.4. The molecule has 18 heavy (non-hydrogen) atoms. The zero-order valence-corrected chi connectivity index (χ0v) is 10.4. The molecule has 1 aromatic heterocycles. The molecule has 0 aliphatic carbocycles. The summed E-state index contributed by atoms with van der Waals surface area (Å²) in [4.78, 5) is 7.86. The van der Waals surface area contributed by atoms with Gasteiger partial charge < -0.3 is 9.84 Å². The van der Waals surface area contributed by atoms with Gasteiger partial charge in [-0.3, -0.25) is 0 Å². The summed E-state index contributed by atoms with van der Waals surface area (Å²) in [6.45, 7) is 3.95. The largest absolute Gasteiger partial charge is 0.491 e. The number of aliphatic hydroxyl groups excluding tert-OH is 1. The maximum Gasteiger partial charge on any atom is 0.121 e. The van der Waals surface area contributed by atoms with Gasteiger partial charge in [-0.05, 0) is 37.6 Å². The summed E-state index contributed by atoms with van der Waals surface area (Å²) in [5.41, 5.74) is 1.37. The van der Waals surface area contributed by atoms with Crippen LogP contribution in [0.1, 0.15) is 31.2 Å². The molecule has 0 amide bonds. The molecule has 0 aliphatic rings. The first-order valence-corrected chi connectivity index (χ1v) is 5.87. The minimum Gasteiger partial charge on any atom is -0.491 e. The van der Waals surface area contributed by atoms with Gasteiger partial charge >= 0.3 is 0 Å². The smallest absolute Gasteiger partial charge is 0.121 e. The first-order valence-electron chi connectivity index (χ1n) is 5.87. The number of rotatable bonds is 4. The molecular formula is C14H16N2O2. The van der Waals surface area contributed by atoms with Gasteiger partial charge in [0.25, 0.3) is 0 Å². The van der Waals surface area contributed by atoms with Gasteiger partial charge in [0.05, 0.1) is 11.8 Å². The highest BCUT2D eigenvalue weighted by Crippen LogP contribution is 2.22. The molecule has 4 nitrogen and oxygen atoms in total. The van der Waals surface area contributed by atoms with Crippen molar-refractivity contribution in [2.24, 2.45) is 0 Å². The van der Waals surface area contributed by atoms with Gasteiger partial charge in [0, 0.05) is 6.20 Å². The van der Waals surface area contributed by atoms with Crippen LogP contribution in [0, 0.1) is 0 Å². The summed E-state index contributed by atoms with van der Waals surface area (Å²) in [6.07, 6.45) is 2.44. The molecule has 0 saturated heterocycles. The molecule has 4 heteroatoms. The average Bonchev–Trinajstić information content (AvgIpc) is 2.39. The Labute approximate surface area is 106 Å². The predicted molar refractivity (Wildman–Crippen MR) is 68.3 cm³/mol. The van der Waals surface area contributed by atoms with Crippen LogP contribution in [0.25, 0.3) is 0 Å². The van der Waals surface area contributed by atoms with Gasteiger partial charge in [-0.25, -0.2) is 9.97 Å². The average molecular weight is 244 g/mol. The summed E-state index contributed by atoms with van der Waals surface area (Å²) < 4.78 is 5.55. The maximum atomic E-state index is 10.1. The van der Waals surface area contributed by atoms with Crippen LogP contribution in [0.4, 0.5) is 0 Å². The Morgan fingerprint density at radius 3 is 2.39 bits per heavy atom. The molecule has 94 valence electrons. The van der Waals surface area contributed by atoms with E-state index in [0.29, 0.717) is 5.69 Å². The van der Waals surface area contributed by atoms with Gasteiger partial charge in [0.1, 0.15) is 18.2 Å². The molecule has 1 aromatic carbocycles. The van der Waals surface area contributed by atoms with Gasteiger partial charge in [-0.1, -0.05) is 12.1 Å². The van der Waals surface area contributed by atoms with E-state index in [4.69, 9.17) is 4.74 Å². The van der Waals surface area contributed by atoms with Gasteiger partial charge in [0.2, 0.25) is 0 Å². The normalized spacial score (nSPS) is 12.4. The molecule has 0 radical (unpaired) electrons. The number of hydrogen-bond donors (Lipinski definition) is 1. The molecule has 0 aliphatic heterocycles. The van der Waals surface area contributed by atoms with Crippen LogP contribution in [0.5, 0.6) is 5.75 Å². The second-order valence-electron chi connectivity index (χ2n) is 4.27. The number of ether oxygens (including phenoxy) is 1. The SMILES string of the molecule is CC(C)Oc1ccc(C(O)c2ccncn2)cc1. The molecule has 0 fully saturated rings. The lowest BCUT2D eigenvalue weighted by Crippen LogP contribution is -2.06. The quantitative estimate of drug-likeness (QED) is 0.897. The Balaban J connectivity index is 2.14. The van der Waals surface area contributed by atoms with Crippen molar-refractivity contribution in [1.29, 1.82) is 0 Å². The van der Waals surface area contributed by atoms with E-state index in [1.807, 2.05) is 38.1 Å². The van der Waals surface area contributed by atoms with Gasteiger partial charge in [-0.2, -0.15) is 0 Å². The van der Waals surface area contributed by atoms with Crippen LogP contribution in [-0.4, -0.2) is 21.2 Å². The molecule has 1 atom stereocenters. The number of hydrogen-bond acceptors (Lipinski definition) is 4. The third-order valence-electron chi connectivity index (χ3n) is 2.45. The standard InChI is InChI=1S/C14H16N2O2/c1-10(2)18-12-5-3-11(4-6-12)14(17)13-7-8-15-9-16-13/h3-10,14,17H,1-2H3. The third-order valence-corrected chi connectivity index (χ3v) is 2.45. The Bertz CT molecular complexity index is 483. The third kappa shape index (κ3) is 3.05. The van der Waals surface area contributed by atoms with Crippen LogP contribution < -0.4 is 4.74 Å². The molecule has 1 heterocycles. The summed E-state index contributed by atoms with van der Waals surface area (Å²) in [5, 5.41) is 10.1. The first-order chi connectivity index (χ1) is 8.66. The highest BCUT2D eigenvalue weighted by atomic mass is 16.5. The van der Waals surface area contributed by atoms with Crippen molar-refractivity contribution in [3.63, 3.8) is 0 Å². The van der Waals surface area contributed by atoms with Crippen molar-refractivity contribution < 1.29 is 9.84 Å². The number of aliphatic hydroxyl groups is 1. The van der Waals surface area contributed by atoms with Gasteiger partial charge in [0.15, 0.2) is 0 Å². The number of benzene rings is 1. The second kappa shape index (κ2) is 5.60. The van der Waals surface area contributed by atoms with E-state index in [9.17, 15) is 5.11 Å². The van der Waals surface area contributed by atoms with Gasteiger partial charge in [-0.15, -0.1) is 0 Å². The lowest BCUT2D eigenvalue weighted by atomic mass is 10.1. The van der Waals surface area contributed by atoms with E-state index < -0.39 is 6.10 Å². The van der Waals surface area contributed by atoms with E-state index in [-0.39, 0.29) is 6.10 Å². The van der Waals surface area contributed by atoms with Crippen LogP contribution in [0.3, 0.4) is 0 Å². The maximum absolute atomic E-state index is 10.1. The Hall–Kier alpha value is -1.94. The molecule has 1 unspecified atom stereocenters. The molecule has 1 N–H and O–H groups in total. The summed E-state index contributed by atoms with van der Waals surface area (Å²) in [5.74, 6) is 0.795. The Morgan fingerprint density at radius 2 is 1.83 bits per heavy atom. The predicted octanol–water partition coefficient (Wildman–Crippen LogP) is 2.35. The van der Waals surface area contributed by atoms with Crippen LogP contribution in [0.2, 0.25) is 0 Å². The van der Waals surface area contributed by atoms with Crippen LogP contribution in [0.15, 0.2) is 42.9 Å². The number of aromatic nitrogens is 2. The minimum atomic E-state index is -0.735. The van der Waals surface area contributed by atoms with E-state index in [1.165, 1.54) is 6.33 Å². The van der Waals surface area contributed by atoms with E-state index in [0.717, 1.165) is 11.3 Å². The monoisotopic (exact) mass is 244 g/mol. The fourth-order valence-electron chi connectivity index (χ4n) is 1.63. The fourth-order valence-corrected chi connectivity index (χ4v) is 1.63. The van der Waals surface area contributed by atoms with Crippen molar-refractivity contribution in [2.75, 3.05) is 0 Å². The van der Waals surface area contributed by atoms with E-state index >= 15 is 0 Å². The van der Waals surface area contributed by atoms with Crippen molar-refractivity contribution in [2.45, 2.75) is 26.1 Å². The topological polar surface area (TPSA) is 55.2 Å². The molecule has 2 aromatic rings. The Morgan fingerprint density at radius 1 is 1.11 bits per heavy atom. The van der Waals surface area contributed by atoms with Crippen molar-refractivity contribution in [3.8, 4) is 5.75 Å².